The van der Waals surface area contributed by atoms with Gasteiger partial charge >= 0.3 is 0 Å². The van der Waals surface area contributed by atoms with E-state index in [1.54, 1.807) is 11.8 Å². The molecule has 8 nitrogen and oxygen atoms in total. The molecule has 0 unspecified atom stereocenters. The number of ether oxygens (including phenoxy) is 1. The number of hydrogen-bond donors (Lipinski definition) is 1. The maximum atomic E-state index is 13.0. The Hall–Kier alpha value is -3.17. The Morgan fingerprint density at radius 1 is 1.25 bits per heavy atom. The first-order valence-corrected chi connectivity index (χ1v) is 11.4. The van der Waals surface area contributed by atoms with Crippen molar-refractivity contribution in [1.29, 1.82) is 0 Å². The number of methoxy groups -OCH3 is 1. The first-order chi connectivity index (χ1) is 15.4. The number of likely N-dealkylation sites (N-methyl/N-ethyl adjacent to an activating group) is 1. The van der Waals surface area contributed by atoms with Gasteiger partial charge in [0.1, 0.15) is 16.4 Å². The molecule has 1 amide bonds. The smallest absolute Gasteiger partial charge is 0.265 e. The van der Waals surface area contributed by atoms with Crippen LogP contribution in [-0.2, 0) is 7.05 Å². The lowest BCUT2D eigenvalue weighted by molar-refractivity contribution is 0.103. The standard InChI is InChI=1S/C23H26N6O2S/c1-27(2)16-7-8-29(13-16)21-6-5-14-10-20(32-23(14)25-21)22(30)24-18-9-15-12-28(3)26-17(15)11-19(18)31-4/h5-6,9-12,16H,7-8,13H2,1-4H3,(H,24,30)/t16-/m0/s1. The van der Waals surface area contributed by atoms with Crippen LogP contribution in [0, 0.1) is 0 Å². The van der Waals surface area contributed by atoms with Gasteiger partial charge in [0.2, 0.25) is 0 Å². The number of nitrogens with one attached hydrogen (secondary N) is 1. The molecule has 1 N–H and O–H groups in total. The lowest BCUT2D eigenvalue weighted by atomic mass is 10.2. The van der Waals surface area contributed by atoms with Gasteiger partial charge < -0.3 is 19.9 Å². The molecule has 9 heteroatoms. The van der Waals surface area contributed by atoms with Crippen LogP contribution < -0.4 is 15.0 Å². The van der Waals surface area contributed by atoms with Crippen LogP contribution in [0.2, 0.25) is 0 Å². The summed E-state index contributed by atoms with van der Waals surface area (Å²) >= 11 is 1.41. The Labute approximate surface area is 190 Å². The topological polar surface area (TPSA) is 75.5 Å². The van der Waals surface area contributed by atoms with Crippen molar-refractivity contribution in [3.63, 3.8) is 0 Å². The number of aryl methyl sites for hydroxylation is 1. The van der Waals surface area contributed by atoms with Gasteiger partial charge in [-0.15, -0.1) is 11.3 Å². The third-order valence-electron chi connectivity index (χ3n) is 6.00. The average Bonchev–Trinajstić information content (AvgIpc) is 3.49. The molecule has 5 rings (SSSR count). The molecule has 0 bridgehead atoms. The molecule has 166 valence electrons. The second kappa shape index (κ2) is 8.07. The summed E-state index contributed by atoms with van der Waals surface area (Å²) in [5.74, 6) is 1.37. The SMILES string of the molecule is COc1cc2nn(C)cc2cc1NC(=O)c1cc2ccc(N3CC[C@H](N(C)C)C3)nc2s1. The van der Waals surface area contributed by atoms with Gasteiger partial charge in [0.25, 0.3) is 5.91 Å². The minimum absolute atomic E-state index is 0.176. The lowest BCUT2D eigenvalue weighted by Gasteiger charge is -2.21. The average molecular weight is 451 g/mol. The predicted molar refractivity (Wildman–Crippen MR) is 129 cm³/mol. The number of carbonyl (C=O) groups excluding carboxylic acids is 1. The maximum absolute atomic E-state index is 13.0. The van der Waals surface area contributed by atoms with E-state index in [1.807, 2.05) is 37.5 Å². The second-order valence-corrected chi connectivity index (χ2v) is 9.43. The zero-order valence-electron chi connectivity index (χ0n) is 18.6. The zero-order valence-corrected chi connectivity index (χ0v) is 19.4. The number of amides is 1. The molecule has 4 aromatic rings. The molecule has 0 saturated carbocycles. The van der Waals surface area contributed by atoms with E-state index < -0.39 is 0 Å². The summed E-state index contributed by atoms with van der Waals surface area (Å²) < 4.78 is 7.22. The first-order valence-electron chi connectivity index (χ1n) is 10.6. The number of thiophene rings is 1. The van der Waals surface area contributed by atoms with Crippen LogP contribution >= 0.6 is 11.3 Å². The number of nitrogens with zero attached hydrogens (tertiary/aromatic N) is 5. The van der Waals surface area contributed by atoms with E-state index in [9.17, 15) is 4.79 Å². The van der Waals surface area contributed by atoms with Crippen molar-refractivity contribution in [2.75, 3.05) is 44.5 Å². The molecular weight excluding hydrogens is 424 g/mol. The van der Waals surface area contributed by atoms with Gasteiger partial charge in [0.15, 0.2) is 0 Å². The minimum Gasteiger partial charge on any atom is -0.494 e. The molecule has 1 aliphatic rings. The quantitative estimate of drug-likeness (QED) is 0.501. The number of aromatic nitrogens is 3. The highest BCUT2D eigenvalue weighted by Gasteiger charge is 2.25. The van der Waals surface area contributed by atoms with E-state index in [4.69, 9.17) is 9.72 Å². The van der Waals surface area contributed by atoms with Gasteiger partial charge in [-0.3, -0.25) is 9.48 Å². The highest BCUT2D eigenvalue weighted by atomic mass is 32.1. The number of carbonyl (C=O) groups is 1. The molecule has 0 spiro atoms. The number of rotatable bonds is 5. The lowest BCUT2D eigenvalue weighted by Crippen LogP contribution is -2.31. The van der Waals surface area contributed by atoms with Crippen LogP contribution in [-0.4, -0.2) is 65.9 Å². The van der Waals surface area contributed by atoms with Crippen molar-refractivity contribution in [2.24, 2.45) is 7.05 Å². The predicted octanol–water partition coefficient (Wildman–Crippen LogP) is 3.58. The number of fused-ring (bicyclic) bond motifs is 2. The molecule has 0 aliphatic carbocycles. The van der Waals surface area contributed by atoms with E-state index in [-0.39, 0.29) is 5.91 Å². The van der Waals surface area contributed by atoms with Crippen LogP contribution in [0.15, 0.2) is 36.5 Å². The summed E-state index contributed by atoms with van der Waals surface area (Å²) in [6.45, 7) is 1.97. The number of anilines is 2. The van der Waals surface area contributed by atoms with Gasteiger partial charge in [-0.25, -0.2) is 4.98 Å². The Bertz CT molecular complexity index is 1310. The summed E-state index contributed by atoms with van der Waals surface area (Å²) in [6.07, 6.45) is 3.04. The van der Waals surface area contributed by atoms with E-state index in [0.717, 1.165) is 46.4 Å². The summed E-state index contributed by atoms with van der Waals surface area (Å²) in [6, 6.07) is 10.3. The summed E-state index contributed by atoms with van der Waals surface area (Å²) in [5.41, 5.74) is 1.44. The van der Waals surface area contributed by atoms with Crippen molar-refractivity contribution in [3.05, 3.63) is 41.4 Å². The van der Waals surface area contributed by atoms with Crippen LogP contribution in [0.3, 0.4) is 0 Å². The minimum atomic E-state index is -0.176. The number of hydrogen-bond acceptors (Lipinski definition) is 7. The molecule has 32 heavy (non-hydrogen) atoms. The molecular formula is C23H26N6O2S. The summed E-state index contributed by atoms with van der Waals surface area (Å²) in [7, 11) is 7.70. The van der Waals surface area contributed by atoms with E-state index in [0.29, 0.717) is 22.4 Å². The monoisotopic (exact) mass is 450 g/mol. The fraction of sp³-hybridized carbons (Fsp3) is 0.348. The van der Waals surface area contributed by atoms with Crippen molar-refractivity contribution >= 4 is 49.9 Å². The van der Waals surface area contributed by atoms with E-state index in [1.165, 1.54) is 11.3 Å². The molecule has 1 saturated heterocycles. The fourth-order valence-electron chi connectivity index (χ4n) is 4.19. The van der Waals surface area contributed by atoms with Crippen LogP contribution in [0.5, 0.6) is 5.75 Å². The molecule has 0 radical (unpaired) electrons. The number of pyridine rings is 1. The Morgan fingerprint density at radius 3 is 2.84 bits per heavy atom. The van der Waals surface area contributed by atoms with E-state index in [2.05, 4.69) is 40.4 Å². The Balaban J connectivity index is 1.39. The second-order valence-electron chi connectivity index (χ2n) is 8.39. The highest BCUT2D eigenvalue weighted by molar-refractivity contribution is 7.20. The first kappa shape index (κ1) is 20.7. The largest absolute Gasteiger partial charge is 0.494 e. The van der Waals surface area contributed by atoms with E-state index >= 15 is 0 Å². The van der Waals surface area contributed by atoms with Gasteiger partial charge in [0.05, 0.1) is 23.2 Å². The maximum Gasteiger partial charge on any atom is 0.265 e. The zero-order chi connectivity index (χ0) is 22.4. The number of benzene rings is 1. The molecule has 1 aromatic carbocycles. The third-order valence-corrected chi connectivity index (χ3v) is 7.04. The molecule has 4 heterocycles. The summed E-state index contributed by atoms with van der Waals surface area (Å²) in [5, 5.41) is 9.30. The van der Waals surface area contributed by atoms with Gasteiger partial charge in [0, 0.05) is 49.2 Å². The van der Waals surface area contributed by atoms with Crippen molar-refractivity contribution in [3.8, 4) is 5.75 Å². The Morgan fingerprint density at radius 2 is 2.09 bits per heavy atom. The van der Waals surface area contributed by atoms with Gasteiger partial charge in [-0.05, 0) is 44.8 Å². The van der Waals surface area contributed by atoms with Crippen molar-refractivity contribution in [2.45, 2.75) is 12.5 Å². The summed E-state index contributed by atoms with van der Waals surface area (Å²) in [4.78, 5) is 24.0. The van der Waals surface area contributed by atoms with Crippen LogP contribution in [0.1, 0.15) is 16.1 Å². The third kappa shape index (κ3) is 3.78. The molecule has 3 aromatic heterocycles. The van der Waals surface area contributed by atoms with Gasteiger partial charge in [-0.2, -0.15) is 5.10 Å². The normalized spacial score (nSPS) is 16.4. The molecule has 1 fully saturated rings. The molecule has 1 atom stereocenters. The van der Waals surface area contributed by atoms with Gasteiger partial charge in [-0.1, -0.05) is 0 Å². The fourth-order valence-corrected chi connectivity index (χ4v) is 5.12. The van der Waals surface area contributed by atoms with Crippen LogP contribution in [0.25, 0.3) is 21.1 Å². The molecule has 1 aliphatic heterocycles. The van der Waals surface area contributed by atoms with Crippen molar-refractivity contribution < 1.29 is 9.53 Å². The van der Waals surface area contributed by atoms with Crippen LogP contribution in [0.4, 0.5) is 11.5 Å². The van der Waals surface area contributed by atoms with Crippen molar-refractivity contribution in [1.82, 2.24) is 19.7 Å². The Kier molecular flexibility index (Phi) is 5.22. The highest BCUT2D eigenvalue weighted by Crippen LogP contribution is 2.32.